The molecule has 0 atom stereocenters. The first-order valence-electron chi connectivity index (χ1n) is 9.66. The third-order valence-corrected chi connectivity index (χ3v) is 5.31. The number of fused-ring (bicyclic) bond motifs is 1. The molecule has 26 heavy (non-hydrogen) atoms. The smallest absolute Gasteiger partial charge is 0.224 e. The summed E-state index contributed by atoms with van der Waals surface area (Å²) in [5.74, 6) is 2.38. The minimum Gasteiger partial charge on any atom is -0.386 e. The molecule has 0 saturated heterocycles. The van der Waals surface area contributed by atoms with E-state index in [0.29, 0.717) is 5.92 Å². The van der Waals surface area contributed by atoms with Crippen LogP contribution in [0, 0.1) is 0 Å². The van der Waals surface area contributed by atoms with Crippen LogP contribution < -0.4 is 10.2 Å². The Bertz CT molecular complexity index is 808. The molecule has 2 N–H and O–H groups in total. The monoisotopic (exact) mass is 352 g/mol. The summed E-state index contributed by atoms with van der Waals surface area (Å²) in [6, 6.07) is 8.53. The van der Waals surface area contributed by atoms with Gasteiger partial charge < -0.3 is 15.3 Å². The van der Waals surface area contributed by atoms with E-state index in [1.807, 2.05) is 19.9 Å². The van der Waals surface area contributed by atoms with Crippen molar-refractivity contribution >= 4 is 11.8 Å². The van der Waals surface area contributed by atoms with E-state index < -0.39 is 5.60 Å². The third-order valence-electron chi connectivity index (χ3n) is 5.31. The van der Waals surface area contributed by atoms with Crippen LogP contribution in [0.15, 0.2) is 24.3 Å². The number of benzene rings is 1. The van der Waals surface area contributed by atoms with Gasteiger partial charge in [-0.1, -0.05) is 18.2 Å². The second kappa shape index (κ2) is 6.54. The molecule has 4 rings (SSSR count). The number of hydrogen-bond acceptors (Lipinski definition) is 5. The molecule has 1 fully saturated rings. The highest BCUT2D eigenvalue weighted by atomic mass is 16.3. The molecule has 0 amide bonds. The Kier molecular flexibility index (Phi) is 4.35. The van der Waals surface area contributed by atoms with Crippen LogP contribution in [-0.4, -0.2) is 28.2 Å². The largest absolute Gasteiger partial charge is 0.386 e. The van der Waals surface area contributed by atoms with E-state index in [4.69, 9.17) is 4.98 Å². The lowest BCUT2D eigenvalue weighted by Gasteiger charge is -2.31. The number of aromatic nitrogens is 2. The van der Waals surface area contributed by atoms with E-state index in [-0.39, 0.29) is 0 Å². The normalized spacial score (nSPS) is 17.2. The first kappa shape index (κ1) is 17.3. The van der Waals surface area contributed by atoms with E-state index in [0.717, 1.165) is 43.4 Å². The van der Waals surface area contributed by atoms with E-state index in [1.165, 1.54) is 29.7 Å². The fourth-order valence-electron chi connectivity index (χ4n) is 3.57. The zero-order valence-corrected chi connectivity index (χ0v) is 15.9. The quantitative estimate of drug-likeness (QED) is 0.861. The van der Waals surface area contributed by atoms with Gasteiger partial charge in [-0.25, -0.2) is 4.98 Å². The fourth-order valence-corrected chi connectivity index (χ4v) is 3.57. The first-order chi connectivity index (χ1) is 12.4. The molecule has 0 spiro atoms. The van der Waals surface area contributed by atoms with Gasteiger partial charge in [-0.15, -0.1) is 0 Å². The molecule has 5 nitrogen and oxygen atoms in total. The molecule has 1 aliphatic carbocycles. The van der Waals surface area contributed by atoms with Crippen molar-refractivity contribution in [2.75, 3.05) is 23.3 Å². The van der Waals surface area contributed by atoms with Gasteiger partial charge in [-0.2, -0.15) is 4.98 Å². The van der Waals surface area contributed by atoms with Gasteiger partial charge in [0.2, 0.25) is 5.95 Å². The second-order valence-electron chi connectivity index (χ2n) is 7.99. The zero-order valence-electron chi connectivity index (χ0n) is 15.9. The summed E-state index contributed by atoms with van der Waals surface area (Å²) in [5, 5.41) is 13.5. The standard InChI is InChI=1S/C21H28N4O/c1-4-22-20-23-18(14-5-6-14)12-19(24-20)25-10-9-15-11-17(21(2,3)26)8-7-16(15)13-25/h7-8,11-12,14,26H,4-6,9-10,13H2,1-3H3,(H,22,23,24). The molecule has 0 radical (unpaired) electrons. The Labute approximate surface area is 155 Å². The second-order valence-corrected chi connectivity index (χ2v) is 7.99. The molecule has 2 aliphatic rings. The Morgan fingerprint density at radius 3 is 2.69 bits per heavy atom. The Morgan fingerprint density at radius 2 is 2.00 bits per heavy atom. The third kappa shape index (κ3) is 3.54. The van der Waals surface area contributed by atoms with Crippen molar-refractivity contribution in [1.82, 2.24) is 9.97 Å². The predicted molar refractivity (Wildman–Crippen MR) is 105 cm³/mol. The van der Waals surface area contributed by atoms with Crippen molar-refractivity contribution in [3.63, 3.8) is 0 Å². The maximum absolute atomic E-state index is 10.3. The lowest BCUT2D eigenvalue weighted by atomic mass is 9.91. The van der Waals surface area contributed by atoms with Gasteiger partial charge >= 0.3 is 0 Å². The van der Waals surface area contributed by atoms with Gasteiger partial charge in [-0.3, -0.25) is 0 Å². The molecule has 2 heterocycles. The van der Waals surface area contributed by atoms with Crippen LogP contribution in [-0.2, 0) is 18.6 Å². The minimum absolute atomic E-state index is 0.612. The van der Waals surface area contributed by atoms with E-state index in [1.54, 1.807) is 0 Å². The van der Waals surface area contributed by atoms with Gasteiger partial charge in [0.25, 0.3) is 0 Å². The summed E-state index contributed by atoms with van der Waals surface area (Å²) in [5.41, 5.74) is 4.02. The summed E-state index contributed by atoms with van der Waals surface area (Å²) in [6.07, 6.45) is 3.45. The van der Waals surface area contributed by atoms with Crippen LogP contribution in [0.1, 0.15) is 61.9 Å². The van der Waals surface area contributed by atoms with E-state index >= 15 is 0 Å². The molecular formula is C21H28N4O. The highest BCUT2D eigenvalue weighted by Crippen LogP contribution is 2.40. The number of aliphatic hydroxyl groups is 1. The van der Waals surface area contributed by atoms with Crippen LogP contribution in [0.2, 0.25) is 0 Å². The molecule has 0 unspecified atom stereocenters. The van der Waals surface area contributed by atoms with Gasteiger partial charge in [0.1, 0.15) is 5.82 Å². The average Bonchev–Trinajstić information content (AvgIpc) is 3.45. The predicted octanol–water partition coefficient (Wildman–Crippen LogP) is 3.58. The van der Waals surface area contributed by atoms with E-state index in [2.05, 4.69) is 40.3 Å². The summed E-state index contributed by atoms with van der Waals surface area (Å²) in [6.45, 7) is 8.38. The molecular weight excluding hydrogens is 324 g/mol. The number of anilines is 2. The van der Waals surface area contributed by atoms with Crippen LogP contribution in [0.3, 0.4) is 0 Å². The molecule has 5 heteroatoms. The Balaban J connectivity index is 1.60. The van der Waals surface area contributed by atoms with Gasteiger partial charge in [0.05, 0.1) is 11.3 Å². The van der Waals surface area contributed by atoms with Crippen LogP contribution in [0.5, 0.6) is 0 Å². The zero-order chi connectivity index (χ0) is 18.3. The van der Waals surface area contributed by atoms with Crippen molar-refractivity contribution in [2.24, 2.45) is 0 Å². The van der Waals surface area contributed by atoms with Crippen LogP contribution in [0.4, 0.5) is 11.8 Å². The average molecular weight is 352 g/mol. The fraction of sp³-hybridized carbons (Fsp3) is 0.524. The number of nitrogens with zero attached hydrogens (tertiary/aromatic N) is 3. The lowest BCUT2D eigenvalue weighted by molar-refractivity contribution is 0.0785. The molecule has 1 aliphatic heterocycles. The number of rotatable bonds is 5. The topological polar surface area (TPSA) is 61.3 Å². The summed E-state index contributed by atoms with van der Waals surface area (Å²) < 4.78 is 0. The van der Waals surface area contributed by atoms with Gasteiger partial charge in [-0.05, 0) is 56.7 Å². The van der Waals surface area contributed by atoms with Gasteiger partial charge in [0, 0.05) is 31.6 Å². The maximum atomic E-state index is 10.3. The summed E-state index contributed by atoms with van der Waals surface area (Å²) in [4.78, 5) is 11.8. The minimum atomic E-state index is -0.793. The Morgan fingerprint density at radius 1 is 1.19 bits per heavy atom. The van der Waals surface area contributed by atoms with Crippen molar-refractivity contribution in [1.29, 1.82) is 0 Å². The van der Waals surface area contributed by atoms with Crippen LogP contribution in [0.25, 0.3) is 0 Å². The highest BCUT2D eigenvalue weighted by molar-refractivity contribution is 5.50. The van der Waals surface area contributed by atoms with Crippen molar-refractivity contribution in [2.45, 2.75) is 58.1 Å². The molecule has 1 saturated carbocycles. The van der Waals surface area contributed by atoms with E-state index in [9.17, 15) is 5.11 Å². The SMILES string of the molecule is CCNc1nc(C2CC2)cc(N2CCc3cc(C(C)(C)O)ccc3C2)n1. The number of hydrogen-bond donors (Lipinski definition) is 2. The summed E-state index contributed by atoms with van der Waals surface area (Å²) >= 11 is 0. The first-order valence-corrected chi connectivity index (χ1v) is 9.66. The van der Waals surface area contributed by atoms with Crippen LogP contribution >= 0.6 is 0 Å². The van der Waals surface area contributed by atoms with Crippen molar-refractivity contribution < 1.29 is 5.11 Å². The molecule has 0 bridgehead atoms. The number of nitrogens with one attached hydrogen (secondary N) is 1. The molecule has 2 aromatic rings. The highest BCUT2D eigenvalue weighted by Gasteiger charge is 2.28. The molecule has 138 valence electrons. The Hall–Kier alpha value is -2.14. The lowest BCUT2D eigenvalue weighted by Crippen LogP contribution is -2.32. The van der Waals surface area contributed by atoms with Gasteiger partial charge in [0.15, 0.2) is 0 Å². The summed E-state index contributed by atoms with van der Waals surface area (Å²) in [7, 11) is 0. The maximum Gasteiger partial charge on any atom is 0.224 e. The molecule has 1 aromatic carbocycles. The van der Waals surface area contributed by atoms with Crippen molar-refractivity contribution in [3.05, 3.63) is 46.6 Å². The molecule has 1 aromatic heterocycles. The van der Waals surface area contributed by atoms with Crippen molar-refractivity contribution in [3.8, 4) is 0 Å².